The van der Waals surface area contributed by atoms with E-state index in [2.05, 4.69) is 37.4 Å². The van der Waals surface area contributed by atoms with Gasteiger partial charge < -0.3 is 4.90 Å². The molecule has 2 aromatic heterocycles. The van der Waals surface area contributed by atoms with Crippen LogP contribution in [0.2, 0.25) is 0 Å². The van der Waals surface area contributed by atoms with Gasteiger partial charge in [-0.05, 0) is 119 Å². The molecule has 232 valence electrons. The van der Waals surface area contributed by atoms with E-state index in [4.69, 9.17) is 5.10 Å². The minimum absolute atomic E-state index is 0.168. The van der Waals surface area contributed by atoms with Crippen molar-refractivity contribution in [2.24, 2.45) is 0 Å². The van der Waals surface area contributed by atoms with Gasteiger partial charge in [0, 0.05) is 29.0 Å². The third kappa shape index (κ3) is 5.70. The highest BCUT2D eigenvalue weighted by atomic mass is 79.9. The number of halogens is 4. The lowest BCUT2D eigenvalue weighted by atomic mass is 9.79. The molecular formula is C32H38BrF3N4O2S. The first-order valence-corrected chi connectivity index (χ1v) is 17.7. The predicted molar refractivity (Wildman–Crippen MR) is 163 cm³/mol. The van der Waals surface area contributed by atoms with Crippen LogP contribution in [-0.4, -0.2) is 47.2 Å². The average molecular weight is 680 g/mol. The van der Waals surface area contributed by atoms with Gasteiger partial charge in [-0.2, -0.15) is 18.3 Å². The Morgan fingerprint density at radius 1 is 0.977 bits per heavy atom. The quantitative estimate of drug-likeness (QED) is 0.271. The molecule has 0 atom stereocenters. The molecule has 43 heavy (non-hydrogen) atoms. The van der Waals surface area contributed by atoms with Crippen molar-refractivity contribution in [1.82, 2.24) is 19.7 Å². The van der Waals surface area contributed by atoms with Crippen molar-refractivity contribution in [2.45, 2.75) is 105 Å². The molecule has 0 bridgehead atoms. The van der Waals surface area contributed by atoms with E-state index in [1.807, 2.05) is 24.3 Å². The molecule has 6 nitrogen and oxygen atoms in total. The summed E-state index contributed by atoms with van der Waals surface area (Å²) in [5.74, 6) is 0.519. The minimum Gasteiger partial charge on any atom is -0.300 e. The van der Waals surface area contributed by atoms with Crippen LogP contribution in [0, 0.1) is 0 Å². The molecule has 4 heterocycles. The number of hydrogen-bond acceptors (Lipinski definition) is 5. The van der Waals surface area contributed by atoms with Gasteiger partial charge in [0.15, 0.2) is 9.84 Å². The first-order valence-electron chi connectivity index (χ1n) is 15.4. The van der Waals surface area contributed by atoms with Crippen LogP contribution in [0.25, 0.3) is 0 Å². The van der Waals surface area contributed by atoms with Gasteiger partial charge in [0.05, 0.1) is 10.6 Å². The first-order chi connectivity index (χ1) is 20.5. The number of alkyl halides is 3. The fraction of sp³-hybridized carbons (Fsp3) is 0.562. The van der Waals surface area contributed by atoms with E-state index in [-0.39, 0.29) is 10.9 Å². The Balaban J connectivity index is 1.20. The third-order valence-electron chi connectivity index (χ3n) is 9.98. The molecule has 2 aliphatic heterocycles. The Bertz CT molecular complexity index is 1540. The number of sulfone groups is 1. The molecule has 1 saturated carbocycles. The second kappa shape index (κ2) is 11.9. The molecule has 0 N–H and O–H groups in total. The zero-order valence-electron chi connectivity index (χ0n) is 24.4. The lowest BCUT2D eigenvalue weighted by Gasteiger charge is -2.45. The van der Waals surface area contributed by atoms with Gasteiger partial charge in [0.1, 0.15) is 10.4 Å². The summed E-state index contributed by atoms with van der Waals surface area (Å²) < 4.78 is 69.8. The minimum atomic E-state index is -4.63. The second-order valence-corrected chi connectivity index (χ2v) is 15.4. The fourth-order valence-corrected chi connectivity index (χ4v) is 10.1. The molecule has 2 fully saturated rings. The van der Waals surface area contributed by atoms with Gasteiger partial charge in [-0.1, -0.05) is 35.0 Å². The molecule has 0 unspecified atom stereocenters. The predicted octanol–water partition coefficient (Wildman–Crippen LogP) is 7.45. The van der Waals surface area contributed by atoms with Crippen LogP contribution >= 0.6 is 15.9 Å². The zero-order chi connectivity index (χ0) is 30.4. The summed E-state index contributed by atoms with van der Waals surface area (Å²) >= 11 is 3.44. The second-order valence-electron chi connectivity index (χ2n) is 12.3. The lowest BCUT2D eigenvalue weighted by Crippen LogP contribution is -2.48. The van der Waals surface area contributed by atoms with Crippen LogP contribution in [0.15, 0.2) is 52.0 Å². The summed E-state index contributed by atoms with van der Waals surface area (Å²) in [5, 5.41) is 4.95. The van der Waals surface area contributed by atoms with Gasteiger partial charge in [0.25, 0.3) is 0 Å². The maximum atomic E-state index is 14.2. The molecule has 1 saturated heterocycles. The van der Waals surface area contributed by atoms with E-state index in [0.717, 1.165) is 68.1 Å². The summed E-state index contributed by atoms with van der Waals surface area (Å²) in [4.78, 5) is 5.85. The van der Waals surface area contributed by atoms with Gasteiger partial charge in [-0.25, -0.2) is 8.42 Å². The Hall–Kier alpha value is -2.24. The standard InChI is InChI=1S/C32H38BrF3N4O2S/c1-2-27-30(28-5-3-4-18-40(28)38-27)22-14-19-39(20-15-22)25-12-16-31(17-13-25,23-6-8-24(33)9-7-23)43(41,42)26-10-11-29(37-21-26)32(34,35)36/h6-11,21-22,25H,2-5,12-20H2,1H3. The fourth-order valence-electron chi connectivity index (χ4n) is 7.69. The Labute approximate surface area is 260 Å². The maximum absolute atomic E-state index is 14.2. The Morgan fingerprint density at radius 2 is 1.67 bits per heavy atom. The summed E-state index contributed by atoms with van der Waals surface area (Å²) in [6.07, 6.45) is 5.12. The van der Waals surface area contributed by atoms with Crippen molar-refractivity contribution in [2.75, 3.05) is 13.1 Å². The maximum Gasteiger partial charge on any atom is 0.433 e. The molecule has 3 aliphatic rings. The molecule has 3 aromatic rings. The monoisotopic (exact) mass is 678 g/mol. The van der Waals surface area contributed by atoms with Gasteiger partial charge in [-0.3, -0.25) is 9.67 Å². The van der Waals surface area contributed by atoms with Gasteiger partial charge in [0.2, 0.25) is 0 Å². The summed E-state index contributed by atoms with van der Waals surface area (Å²) in [6.45, 7) is 5.17. The van der Waals surface area contributed by atoms with Crippen molar-refractivity contribution >= 4 is 25.8 Å². The molecule has 11 heteroatoms. The highest BCUT2D eigenvalue weighted by Gasteiger charge is 2.49. The highest BCUT2D eigenvalue weighted by Crippen LogP contribution is 2.49. The van der Waals surface area contributed by atoms with Crippen molar-refractivity contribution in [3.63, 3.8) is 0 Å². The molecule has 0 spiro atoms. The van der Waals surface area contributed by atoms with E-state index >= 15 is 0 Å². The number of hydrogen-bond donors (Lipinski definition) is 0. The van der Waals surface area contributed by atoms with Crippen LogP contribution < -0.4 is 0 Å². The first kappa shape index (κ1) is 30.8. The largest absolute Gasteiger partial charge is 0.433 e. The summed E-state index contributed by atoms with van der Waals surface area (Å²) in [5.41, 5.74) is 3.78. The van der Waals surface area contributed by atoms with Crippen molar-refractivity contribution in [1.29, 1.82) is 0 Å². The molecule has 0 amide bonds. The zero-order valence-corrected chi connectivity index (χ0v) is 26.8. The smallest absolute Gasteiger partial charge is 0.300 e. The van der Waals surface area contributed by atoms with Gasteiger partial charge >= 0.3 is 6.18 Å². The van der Waals surface area contributed by atoms with E-state index in [1.165, 1.54) is 29.8 Å². The molecule has 0 radical (unpaired) electrons. The number of pyridine rings is 1. The Morgan fingerprint density at radius 3 is 2.28 bits per heavy atom. The molecular weight excluding hydrogens is 641 g/mol. The van der Waals surface area contributed by atoms with Crippen LogP contribution in [0.4, 0.5) is 13.2 Å². The number of rotatable bonds is 6. The molecule has 1 aliphatic carbocycles. The molecule has 6 rings (SSSR count). The van der Waals surface area contributed by atoms with E-state index < -0.39 is 26.5 Å². The highest BCUT2D eigenvalue weighted by molar-refractivity contribution is 9.10. The Kier molecular flexibility index (Phi) is 8.54. The topological polar surface area (TPSA) is 68.1 Å². The SMILES string of the molecule is CCc1nn2c(c1C1CCN(C3CCC(c4ccc(Br)cc4)(S(=O)(=O)c4ccc(C(F)(F)F)nc4)CC3)CC1)CCCC2. The number of fused-ring (bicyclic) bond motifs is 1. The number of nitrogens with zero attached hydrogens (tertiary/aromatic N) is 4. The third-order valence-corrected chi connectivity index (χ3v) is 13.0. The van der Waals surface area contributed by atoms with Crippen LogP contribution in [0.5, 0.6) is 0 Å². The summed E-state index contributed by atoms with van der Waals surface area (Å²) in [6, 6.07) is 9.40. The van der Waals surface area contributed by atoms with E-state index in [1.54, 1.807) is 0 Å². The van der Waals surface area contributed by atoms with Crippen molar-refractivity contribution < 1.29 is 21.6 Å². The van der Waals surface area contributed by atoms with Crippen LogP contribution in [0.1, 0.15) is 92.4 Å². The number of aryl methyl sites for hydroxylation is 2. The van der Waals surface area contributed by atoms with Gasteiger partial charge in [-0.15, -0.1) is 0 Å². The number of piperidine rings is 1. The van der Waals surface area contributed by atoms with Crippen molar-refractivity contribution in [3.8, 4) is 0 Å². The number of likely N-dealkylation sites (tertiary alicyclic amines) is 1. The average Bonchev–Trinajstić information content (AvgIpc) is 3.40. The lowest BCUT2D eigenvalue weighted by molar-refractivity contribution is -0.141. The molecule has 1 aromatic carbocycles. The van der Waals surface area contributed by atoms with Crippen molar-refractivity contribution in [3.05, 3.63) is 75.3 Å². The van der Waals surface area contributed by atoms with Crippen LogP contribution in [-0.2, 0) is 40.1 Å². The normalized spacial score (nSPS) is 24.2. The van der Waals surface area contributed by atoms with Crippen LogP contribution in [0.3, 0.4) is 0 Å². The number of benzene rings is 1. The van der Waals surface area contributed by atoms with E-state index in [9.17, 15) is 21.6 Å². The van der Waals surface area contributed by atoms with E-state index in [0.29, 0.717) is 37.2 Å². The summed E-state index contributed by atoms with van der Waals surface area (Å²) in [7, 11) is -4.03. The number of aromatic nitrogens is 3.